The van der Waals surface area contributed by atoms with Gasteiger partial charge in [-0.05, 0) is 42.3 Å². The number of sulfonamides is 1. The van der Waals surface area contributed by atoms with Crippen LogP contribution >= 0.6 is 27.5 Å². The Labute approximate surface area is 231 Å². The molecule has 0 aliphatic rings. The number of nitrogens with one attached hydrogen (secondary N) is 1. The highest BCUT2D eigenvalue weighted by molar-refractivity contribution is 9.10. The minimum atomic E-state index is -3.87. The lowest BCUT2D eigenvalue weighted by Crippen LogP contribution is -2.53. The summed E-state index contributed by atoms with van der Waals surface area (Å²) >= 11 is 9.71. The van der Waals surface area contributed by atoms with Gasteiger partial charge in [0.2, 0.25) is 21.8 Å². The summed E-state index contributed by atoms with van der Waals surface area (Å²) in [5.41, 5.74) is 1.86. The van der Waals surface area contributed by atoms with E-state index in [1.807, 2.05) is 54.6 Å². The highest BCUT2D eigenvalue weighted by Gasteiger charge is 2.33. The monoisotopic (exact) mass is 605 g/mol. The normalized spacial score (nSPS) is 12.0. The third-order valence-corrected chi connectivity index (χ3v) is 7.66. The summed E-state index contributed by atoms with van der Waals surface area (Å²) in [6.07, 6.45) is 1.29. The molecule has 7 nitrogen and oxygen atoms in total. The second-order valence-electron chi connectivity index (χ2n) is 8.47. The van der Waals surface area contributed by atoms with E-state index >= 15 is 0 Å². The summed E-state index contributed by atoms with van der Waals surface area (Å²) in [6.45, 7) is 1.80. The fourth-order valence-electron chi connectivity index (χ4n) is 3.88. The average molecular weight is 607 g/mol. The van der Waals surface area contributed by atoms with E-state index in [0.717, 1.165) is 26.2 Å². The summed E-state index contributed by atoms with van der Waals surface area (Å²) in [6, 6.07) is 22.4. The smallest absolute Gasteiger partial charge is 0.244 e. The van der Waals surface area contributed by atoms with E-state index in [4.69, 9.17) is 11.6 Å². The molecule has 0 aliphatic carbocycles. The molecular weight excluding hydrogens is 578 g/mol. The number of halogens is 2. The van der Waals surface area contributed by atoms with E-state index in [2.05, 4.69) is 21.2 Å². The van der Waals surface area contributed by atoms with Gasteiger partial charge in [0, 0.05) is 24.0 Å². The first-order valence-electron chi connectivity index (χ1n) is 11.7. The van der Waals surface area contributed by atoms with E-state index in [1.165, 1.54) is 4.90 Å². The molecule has 37 heavy (non-hydrogen) atoms. The van der Waals surface area contributed by atoms with Gasteiger partial charge in [-0.2, -0.15) is 0 Å². The zero-order chi connectivity index (χ0) is 27.0. The molecule has 0 aromatic heterocycles. The van der Waals surface area contributed by atoms with E-state index in [0.29, 0.717) is 6.54 Å². The van der Waals surface area contributed by atoms with Crippen molar-refractivity contribution in [2.24, 2.45) is 0 Å². The van der Waals surface area contributed by atoms with Crippen molar-refractivity contribution >= 4 is 55.1 Å². The number of carbonyl (C=O) groups is 2. The lowest BCUT2D eigenvalue weighted by atomic mass is 10.0. The third kappa shape index (κ3) is 8.05. The molecule has 0 fully saturated rings. The minimum absolute atomic E-state index is 0.112. The van der Waals surface area contributed by atoms with E-state index in [-0.39, 0.29) is 29.6 Å². The Balaban J connectivity index is 2.04. The van der Waals surface area contributed by atoms with Crippen LogP contribution in [0.3, 0.4) is 0 Å². The number of benzene rings is 3. The molecular formula is C27H29BrClN3O4S. The molecule has 3 rings (SSSR count). The van der Waals surface area contributed by atoms with Crippen molar-refractivity contribution in [1.29, 1.82) is 0 Å². The van der Waals surface area contributed by atoms with Crippen LogP contribution in [0.5, 0.6) is 0 Å². The van der Waals surface area contributed by atoms with Crippen LogP contribution in [0.4, 0.5) is 5.69 Å². The fraction of sp³-hybridized carbons (Fsp3) is 0.259. The molecule has 0 bridgehead atoms. The van der Waals surface area contributed by atoms with Crippen molar-refractivity contribution in [3.05, 3.63) is 99.5 Å². The molecule has 3 aromatic rings. The van der Waals surface area contributed by atoms with Gasteiger partial charge >= 0.3 is 0 Å². The highest BCUT2D eigenvalue weighted by Crippen LogP contribution is 2.27. The van der Waals surface area contributed by atoms with Gasteiger partial charge in [0.25, 0.3) is 0 Å². The van der Waals surface area contributed by atoms with Crippen molar-refractivity contribution in [3.63, 3.8) is 0 Å². The Kier molecular flexibility index (Phi) is 10.1. The highest BCUT2D eigenvalue weighted by atomic mass is 79.9. The number of anilines is 1. The van der Waals surface area contributed by atoms with Crippen LogP contribution in [0.1, 0.15) is 18.1 Å². The summed E-state index contributed by atoms with van der Waals surface area (Å²) in [7, 11) is -3.87. The number of para-hydroxylation sites is 1. The Morgan fingerprint density at radius 3 is 2.16 bits per heavy atom. The van der Waals surface area contributed by atoms with Gasteiger partial charge in [-0.15, -0.1) is 0 Å². The zero-order valence-electron chi connectivity index (χ0n) is 20.6. The maximum atomic E-state index is 13.9. The van der Waals surface area contributed by atoms with Gasteiger partial charge in [0.05, 0.1) is 17.0 Å². The minimum Gasteiger partial charge on any atom is -0.355 e. The number of hydrogen-bond donors (Lipinski definition) is 1. The van der Waals surface area contributed by atoms with Crippen LogP contribution in [0.25, 0.3) is 0 Å². The summed E-state index contributed by atoms with van der Waals surface area (Å²) in [4.78, 5) is 28.6. The molecule has 3 aromatic carbocycles. The molecule has 0 heterocycles. The number of rotatable bonds is 11. The van der Waals surface area contributed by atoms with E-state index in [1.54, 1.807) is 31.2 Å². The van der Waals surface area contributed by atoms with Crippen LogP contribution in [-0.2, 0) is 32.6 Å². The maximum Gasteiger partial charge on any atom is 0.244 e. The standard InChI is InChI=1S/C27H29BrClN3O4S/c1-3-30-27(34)25(17-20-9-5-4-6-10-20)31(18-21-13-15-22(28)16-14-21)26(33)19-32(37(2,35)36)24-12-8-7-11-23(24)29/h4-16,25H,3,17-19H2,1-2H3,(H,30,34)/t25-/m1/s1. The number of likely N-dealkylation sites (N-methyl/N-ethyl adjacent to an activating group) is 1. The van der Waals surface area contributed by atoms with Gasteiger partial charge in [-0.25, -0.2) is 8.42 Å². The maximum absolute atomic E-state index is 13.9. The molecule has 0 unspecified atom stereocenters. The van der Waals surface area contributed by atoms with Gasteiger partial charge < -0.3 is 10.2 Å². The first-order valence-corrected chi connectivity index (χ1v) is 14.7. The van der Waals surface area contributed by atoms with Crippen molar-refractivity contribution < 1.29 is 18.0 Å². The summed E-state index contributed by atoms with van der Waals surface area (Å²) in [5.74, 6) is -0.846. The zero-order valence-corrected chi connectivity index (χ0v) is 23.8. The Morgan fingerprint density at radius 1 is 0.946 bits per heavy atom. The molecule has 196 valence electrons. The third-order valence-electron chi connectivity index (χ3n) is 5.69. The van der Waals surface area contributed by atoms with Crippen LogP contribution in [-0.4, -0.2) is 50.5 Å². The molecule has 10 heteroatoms. The van der Waals surface area contributed by atoms with Gasteiger partial charge in [-0.1, -0.05) is 82.1 Å². The number of carbonyl (C=O) groups excluding carboxylic acids is 2. The number of amides is 2. The summed E-state index contributed by atoms with van der Waals surface area (Å²) in [5, 5.41) is 3.03. The number of nitrogens with zero attached hydrogens (tertiary/aromatic N) is 2. The average Bonchev–Trinajstić information content (AvgIpc) is 2.86. The molecule has 0 spiro atoms. The number of hydrogen-bond acceptors (Lipinski definition) is 4. The summed E-state index contributed by atoms with van der Waals surface area (Å²) < 4.78 is 27.3. The van der Waals surface area contributed by atoms with Gasteiger partial charge in [0.1, 0.15) is 12.6 Å². The largest absolute Gasteiger partial charge is 0.355 e. The molecule has 0 saturated heterocycles. The lowest BCUT2D eigenvalue weighted by molar-refractivity contribution is -0.140. The van der Waals surface area contributed by atoms with Crippen LogP contribution in [0.2, 0.25) is 5.02 Å². The molecule has 0 radical (unpaired) electrons. The van der Waals surface area contributed by atoms with Crippen LogP contribution < -0.4 is 9.62 Å². The van der Waals surface area contributed by atoms with Crippen molar-refractivity contribution in [1.82, 2.24) is 10.2 Å². The van der Waals surface area contributed by atoms with Gasteiger partial charge in [-0.3, -0.25) is 13.9 Å². The van der Waals surface area contributed by atoms with E-state index in [9.17, 15) is 18.0 Å². The second-order valence-corrected chi connectivity index (χ2v) is 11.7. The van der Waals surface area contributed by atoms with Crippen molar-refractivity contribution in [2.45, 2.75) is 25.9 Å². The van der Waals surface area contributed by atoms with Crippen LogP contribution in [0, 0.1) is 0 Å². The van der Waals surface area contributed by atoms with Gasteiger partial charge in [0.15, 0.2) is 0 Å². The predicted molar refractivity (Wildman–Crippen MR) is 151 cm³/mol. The second kappa shape index (κ2) is 13.1. The Hall–Kier alpha value is -2.88. The first kappa shape index (κ1) is 28.7. The Morgan fingerprint density at radius 2 is 1.57 bits per heavy atom. The molecule has 1 N–H and O–H groups in total. The lowest BCUT2D eigenvalue weighted by Gasteiger charge is -2.33. The predicted octanol–water partition coefficient (Wildman–Crippen LogP) is 4.64. The molecule has 1 atom stereocenters. The Bertz CT molecular complexity index is 1320. The first-order chi connectivity index (χ1) is 17.6. The molecule has 0 aliphatic heterocycles. The quantitative estimate of drug-likeness (QED) is 0.345. The van der Waals surface area contributed by atoms with E-state index < -0.39 is 28.5 Å². The van der Waals surface area contributed by atoms with Crippen molar-refractivity contribution in [3.8, 4) is 0 Å². The molecule has 2 amide bonds. The van der Waals surface area contributed by atoms with Crippen molar-refractivity contribution in [2.75, 3.05) is 23.7 Å². The topological polar surface area (TPSA) is 86.8 Å². The molecule has 0 saturated carbocycles. The fourth-order valence-corrected chi connectivity index (χ4v) is 5.29. The SMILES string of the molecule is CCNC(=O)[C@@H](Cc1ccccc1)N(Cc1ccc(Br)cc1)C(=O)CN(c1ccccc1Cl)S(C)(=O)=O. The van der Waals surface area contributed by atoms with Crippen LogP contribution in [0.15, 0.2) is 83.3 Å².